The van der Waals surface area contributed by atoms with E-state index in [0.717, 1.165) is 16.5 Å². The molecule has 0 saturated carbocycles. The van der Waals surface area contributed by atoms with Crippen molar-refractivity contribution < 1.29 is 19.4 Å². The predicted molar refractivity (Wildman–Crippen MR) is 159 cm³/mol. The fourth-order valence-corrected chi connectivity index (χ4v) is 4.83. The lowest BCUT2D eigenvalue weighted by Gasteiger charge is -2.16. The summed E-state index contributed by atoms with van der Waals surface area (Å²) in [6.45, 7) is 4.36. The molecule has 0 aliphatic carbocycles. The van der Waals surface area contributed by atoms with Gasteiger partial charge in [0.1, 0.15) is 17.5 Å². The van der Waals surface area contributed by atoms with Crippen LogP contribution in [0.2, 0.25) is 5.02 Å². The first kappa shape index (κ1) is 28.8. The van der Waals surface area contributed by atoms with Gasteiger partial charge in [-0.25, -0.2) is 9.78 Å². The Labute approximate surface area is 246 Å². The van der Waals surface area contributed by atoms with E-state index in [1.807, 2.05) is 19.9 Å². The second kappa shape index (κ2) is 12.8. The molecule has 11 heteroatoms. The maximum absolute atomic E-state index is 13.3. The molecule has 4 rings (SSSR count). The van der Waals surface area contributed by atoms with Crippen molar-refractivity contribution in [3.05, 3.63) is 95.4 Å². The second-order valence-corrected chi connectivity index (χ2v) is 10.5. The summed E-state index contributed by atoms with van der Waals surface area (Å²) in [5, 5.41) is 14.3. The number of fused-ring (bicyclic) bond motifs is 1. The highest BCUT2D eigenvalue weighted by Crippen LogP contribution is 2.42. The lowest BCUT2D eigenvalue weighted by atomic mass is 10.1. The van der Waals surface area contributed by atoms with E-state index in [2.05, 4.69) is 41.9 Å². The molecule has 0 unspecified atom stereocenters. The molecule has 1 aromatic heterocycles. The normalized spacial score (nSPS) is 11.3. The van der Waals surface area contributed by atoms with Crippen molar-refractivity contribution in [2.24, 2.45) is 5.10 Å². The van der Waals surface area contributed by atoms with E-state index in [0.29, 0.717) is 51.3 Å². The van der Waals surface area contributed by atoms with Gasteiger partial charge in [-0.3, -0.25) is 4.79 Å². The van der Waals surface area contributed by atoms with Gasteiger partial charge in [0, 0.05) is 20.9 Å². The molecule has 0 spiro atoms. The Bertz CT molecular complexity index is 1620. The van der Waals surface area contributed by atoms with E-state index in [4.69, 9.17) is 26.2 Å². The zero-order valence-electron chi connectivity index (χ0n) is 21.1. The Morgan fingerprint density at radius 2 is 1.87 bits per heavy atom. The zero-order valence-corrected chi connectivity index (χ0v) is 25.0. The van der Waals surface area contributed by atoms with E-state index >= 15 is 0 Å². The summed E-state index contributed by atoms with van der Waals surface area (Å²) in [7, 11) is 0. The number of nitrogens with zero attached hydrogens (tertiary/aromatic N) is 3. The number of hydrogen-bond donors (Lipinski definition) is 1. The molecule has 1 N–H and O–H groups in total. The topological polar surface area (TPSA) is 103 Å². The first-order valence-corrected chi connectivity index (χ1v) is 14.0. The van der Waals surface area contributed by atoms with E-state index in [1.165, 1.54) is 23.0 Å². The lowest BCUT2D eigenvalue weighted by molar-refractivity contribution is 0.0697. The molecule has 8 nitrogen and oxygen atoms in total. The van der Waals surface area contributed by atoms with Gasteiger partial charge in [-0.2, -0.15) is 9.78 Å². The Morgan fingerprint density at radius 3 is 2.54 bits per heavy atom. The fraction of sp³-hybridized carbons (Fsp3) is 0.214. The number of aromatic carboxylic acids is 1. The maximum Gasteiger partial charge on any atom is 0.335 e. The summed E-state index contributed by atoms with van der Waals surface area (Å²) in [5.74, 6) is 0.276. The smallest absolute Gasteiger partial charge is 0.335 e. The maximum atomic E-state index is 13.3. The number of rotatable bonds is 10. The van der Waals surface area contributed by atoms with Gasteiger partial charge in [-0.1, -0.05) is 46.6 Å². The Balaban J connectivity index is 1.70. The summed E-state index contributed by atoms with van der Waals surface area (Å²) < 4.78 is 14.4. The molecule has 0 atom stereocenters. The van der Waals surface area contributed by atoms with Crippen molar-refractivity contribution in [2.45, 2.75) is 33.3 Å². The van der Waals surface area contributed by atoms with Gasteiger partial charge in [-0.15, -0.1) is 0 Å². The summed E-state index contributed by atoms with van der Waals surface area (Å²) >= 11 is 13.6. The number of aryl methyl sites for hydroxylation is 1. The summed E-state index contributed by atoms with van der Waals surface area (Å²) in [6, 6.07) is 13.5. The van der Waals surface area contributed by atoms with Crippen LogP contribution in [-0.2, 0) is 13.0 Å². The van der Waals surface area contributed by atoms with Crippen LogP contribution in [0.5, 0.6) is 11.5 Å². The Morgan fingerprint density at radius 1 is 1.13 bits per heavy atom. The van der Waals surface area contributed by atoms with Crippen LogP contribution in [0, 0.1) is 0 Å². The minimum Gasteiger partial charge on any atom is -0.490 e. The number of benzene rings is 3. The van der Waals surface area contributed by atoms with Crippen molar-refractivity contribution in [3.8, 4) is 11.5 Å². The lowest BCUT2D eigenvalue weighted by Crippen LogP contribution is -2.22. The number of ether oxygens (including phenoxy) is 2. The molecule has 1 heterocycles. The molecule has 0 aliphatic rings. The van der Waals surface area contributed by atoms with Crippen LogP contribution in [0.4, 0.5) is 0 Å². The molecule has 0 bridgehead atoms. The molecule has 4 aromatic rings. The van der Waals surface area contributed by atoms with Crippen LogP contribution in [0.3, 0.4) is 0 Å². The molecular formula is C28H24Br2ClN3O5. The third-order valence-corrected chi connectivity index (χ3v) is 7.64. The minimum absolute atomic E-state index is 0.146. The molecule has 0 aliphatic heterocycles. The van der Waals surface area contributed by atoms with Crippen LogP contribution in [0.25, 0.3) is 10.9 Å². The highest BCUT2D eigenvalue weighted by molar-refractivity contribution is 9.10. The quantitative estimate of drug-likeness (QED) is 0.180. The largest absolute Gasteiger partial charge is 0.490 e. The second-order valence-electron chi connectivity index (χ2n) is 8.45. The average Bonchev–Trinajstić information content (AvgIpc) is 2.92. The van der Waals surface area contributed by atoms with Gasteiger partial charge < -0.3 is 14.6 Å². The van der Waals surface area contributed by atoms with E-state index in [9.17, 15) is 9.59 Å². The summed E-state index contributed by atoms with van der Waals surface area (Å²) in [6.07, 6.45) is 2.89. The summed E-state index contributed by atoms with van der Waals surface area (Å²) in [5.41, 5.74) is 1.86. The predicted octanol–water partition coefficient (Wildman–Crippen LogP) is 7.09. The number of carbonyl (C=O) groups is 1. The first-order valence-electron chi connectivity index (χ1n) is 12.1. The fourth-order valence-electron chi connectivity index (χ4n) is 3.81. The van der Waals surface area contributed by atoms with Crippen LogP contribution in [-0.4, -0.2) is 33.6 Å². The van der Waals surface area contributed by atoms with Crippen molar-refractivity contribution in [1.82, 2.24) is 9.66 Å². The van der Waals surface area contributed by atoms with Crippen LogP contribution in [0.15, 0.2) is 67.4 Å². The number of halogens is 3. The minimum atomic E-state index is -0.998. The average molecular weight is 678 g/mol. The van der Waals surface area contributed by atoms with Gasteiger partial charge in [0.2, 0.25) is 0 Å². The third-order valence-electron chi connectivity index (χ3n) is 5.70. The van der Waals surface area contributed by atoms with E-state index < -0.39 is 5.97 Å². The number of carboxylic acid groups (broad SMARTS) is 1. The molecule has 0 saturated heterocycles. The van der Waals surface area contributed by atoms with Gasteiger partial charge in [0.25, 0.3) is 5.56 Å². The van der Waals surface area contributed by atoms with Crippen molar-refractivity contribution >= 4 is 66.5 Å². The van der Waals surface area contributed by atoms with E-state index in [1.54, 1.807) is 30.3 Å². The van der Waals surface area contributed by atoms with E-state index in [-0.39, 0.29) is 22.8 Å². The van der Waals surface area contributed by atoms with Gasteiger partial charge >= 0.3 is 5.97 Å². The van der Waals surface area contributed by atoms with Crippen molar-refractivity contribution in [1.29, 1.82) is 0 Å². The highest BCUT2D eigenvalue weighted by atomic mass is 79.9. The van der Waals surface area contributed by atoms with Crippen LogP contribution < -0.4 is 15.0 Å². The van der Waals surface area contributed by atoms with Gasteiger partial charge in [0.15, 0.2) is 11.5 Å². The Hall–Kier alpha value is -3.21. The molecule has 0 radical (unpaired) electrons. The van der Waals surface area contributed by atoms with Crippen LogP contribution in [0.1, 0.15) is 47.6 Å². The third kappa shape index (κ3) is 6.51. The molecule has 202 valence electrons. The van der Waals surface area contributed by atoms with Gasteiger partial charge in [0.05, 0.1) is 29.3 Å². The number of aromatic nitrogens is 2. The van der Waals surface area contributed by atoms with Crippen molar-refractivity contribution in [3.63, 3.8) is 0 Å². The monoisotopic (exact) mass is 675 g/mol. The molecular weight excluding hydrogens is 654 g/mol. The number of hydrogen-bond acceptors (Lipinski definition) is 6. The highest BCUT2D eigenvalue weighted by Gasteiger charge is 2.18. The number of carboxylic acids is 1. The first-order chi connectivity index (χ1) is 18.7. The molecule has 39 heavy (non-hydrogen) atoms. The standard InChI is InChI=1S/C28H24Br2ClN3O5/c1-3-5-23-33-21-11-10-19(29)13-20(21)27(35)34(23)32-14-18-12-22(38-4-2)26(25(31)24(18)30)39-15-16-6-8-17(9-7-16)28(36)37/h6-14H,3-5,15H2,1-2H3,(H,36,37). The molecule has 3 aromatic carbocycles. The zero-order chi connectivity index (χ0) is 28.1. The summed E-state index contributed by atoms with van der Waals surface area (Å²) in [4.78, 5) is 29.1. The Kier molecular flexibility index (Phi) is 9.42. The molecule has 0 amide bonds. The molecule has 0 fully saturated rings. The van der Waals surface area contributed by atoms with Crippen molar-refractivity contribution in [2.75, 3.05) is 6.61 Å². The van der Waals surface area contributed by atoms with Crippen LogP contribution >= 0.6 is 43.5 Å². The SMILES string of the molecule is CCCc1nc2ccc(Br)cc2c(=O)n1N=Cc1cc(OCC)c(OCc2ccc(C(=O)O)cc2)c(Cl)c1Br. The van der Waals surface area contributed by atoms with Gasteiger partial charge in [-0.05, 0) is 71.2 Å².